The summed E-state index contributed by atoms with van der Waals surface area (Å²) in [6, 6.07) is 2.84. The molecule has 0 aromatic carbocycles. The van der Waals surface area contributed by atoms with Gasteiger partial charge in [-0.1, -0.05) is 13.8 Å². The highest BCUT2D eigenvalue weighted by atomic mass is 16.5. The molecule has 2 aliphatic heterocycles. The van der Waals surface area contributed by atoms with E-state index in [1.54, 1.807) is 0 Å². The van der Waals surface area contributed by atoms with Crippen molar-refractivity contribution in [3.8, 4) is 0 Å². The highest BCUT2D eigenvalue weighted by Gasteiger charge is 2.48. The molecule has 18 heavy (non-hydrogen) atoms. The van der Waals surface area contributed by atoms with E-state index < -0.39 is 0 Å². The number of rotatable bonds is 3. The van der Waals surface area contributed by atoms with E-state index in [1.807, 2.05) is 0 Å². The van der Waals surface area contributed by atoms with E-state index in [0.717, 1.165) is 26.3 Å². The Morgan fingerprint density at radius 2 is 2.22 bits per heavy atom. The Balaban J connectivity index is 1.72. The molecule has 1 atom stereocenters. The summed E-state index contributed by atoms with van der Waals surface area (Å²) in [7, 11) is 0. The lowest BCUT2D eigenvalue weighted by Crippen LogP contribution is -2.58. The smallest absolute Gasteiger partial charge is 0.0472 e. The molecular formula is C15H24N2O. The third-order valence-corrected chi connectivity index (χ3v) is 4.44. The monoisotopic (exact) mass is 248 g/mol. The van der Waals surface area contributed by atoms with Crippen LogP contribution in [-0.4, -0.2) is 24.3 Å². The zero-order chi connectivity index (χ0) is 12.6. The van der Waals surface area contributed by atoms with Gasteiger partial charge in [0, 0.05) is 50.2 Å². The van der Waals surface area contributed by atoms with Crippen LogP contribution in [0, 0.1) is 11.3 Å². The second-order valence-electron chi connectivity index (χ2n) is 6.32. The minimum atomic E-state index is 0.474. The SMILES string of the molecule is CC(C)Cn1ccc(C2NCC23CCOCC3)c1. The lowest BCUT2D eigenvalue weighted by molar-refractivity contribution is -0.0479. The van der Waals surface area contributed by atoms with Gasteiger partial charge in [-0.15, -0.1) is 0 Å². The molecule has 0 aliphatic carbocycles. The molecule has 1 aromatic rings. The summed E-state index contributed by atoms with van der Waals surface area (Å²) < 4.78 is 7.84. The van der Waals surface area contributed by atoms with Gasteiger partial charge in [0.1, 0.15) is 0 Å². The molecule has 0 bridgehead atoms. The Labute approximate surface area is 110 Å². The Kier molecular flexibility index (Phi) is 3.20. The average molecular weight is 248 g/mol. The molecule has 1 unspecified atom stereocenters. The maximum absolute atomic E-state index is 5.51. The number of aromatic nitrogens is 1. The van der Waals surface area contributed by atoms with Crippen LogP contribution in [-0.2, 0) is 11.3 Å². The zero-order valence-electron chi connectivity index (χ0n) is 11.5. The number of nitrogens with zero attached hydrogens (tertiary/aromatic N) is 1. The molecule has 1 N–H and O–H groups in total. The van der Waals surface area contributed by atoms with Gasteiger partial charge < -0.3 is 14.6 Å². The molecule has 100 valence electrons. The minimum Gasteiger partial charge on any atom is -0.381 e. The molecule has 2 aliphatic rings. The van der Waals surface area contributed by atoms with Crippen LogP contribution in [0.25, 0.3) is 0 Å². The Bertz CT molecular complexity index is 404. The van der Waals surface area contributed by atoms with Crippen LogP contribution in [0.5, 0.6) is 0 Å². The van der Waals surface area contributed by atoms with Crippen LogP contribution in [0.2, 0.25) is 0 Å². The van der Waals surface area contributed by atoms with Crippen LogP contribution >= 0.6 is 0 Å². The van der Waals surface area contributed by atoms with Crippen LogP contribution in [0.1, 0.15) is 38.3 Å². The van der Waals surface area contributed by atoms with E-state index in [9.17, 15) is 0 Å². The molecular weight excluding hydrogens is 224 g/mol. The second-order valence-corrected chi connectivity index (χ2v) is 6.32. The van der Waals surface area contributed by atoms with E-state index in [0.29, 0.717) is 17.4 Å². The lowest BCUT2D eigenvalue weighted by Gasteiger charge is -2.52. The molecule has 2 saturated heterocycles. The third kappa shape index (κ3) is 2.10. The highest BCUT2D eigenvalue weighted by molar-refractivity contribution is 5.23. The van der Waals surface area contributed by atoms with Gasteiger partial charge in [0.25, 0.3) is 0 Å². The van der Waals surface area contributed by atoms with Gasteiger partial charge >= 0.3 is 0 Å². The fraction of sp³-hybridized carbons (Fsp3) is 0.733. The first-order valence-electron chi connectivity index (χ1n) is 7.16. The Morgan fingerprint density at radius 3 is 2.83 bits per heavy atom. The summed E-state index contributed by atoms with van der Waals surface area (Å²) >= 11 is 0. The summed E-state index contributed by atoms with van der Waals surface area (Å²) in [5, 5.41) is 3.62. The van der Waals surface area contributed by atoms with Gasteiger partial charge in [0.15, 0.2) is 0 Å². The van der Waals surface area contributed by atoms with E-state index in [-0.39, 0.29) is 0 Å². The molecule has 3 nitrogen and oxygen atoms in total. The predicted molar refractivity (Wildman–Crippen MR) is 72.5 cm³/mol. The predicted octanol–water partition coefficient (Wildman–Crippen LogP) is 2.59. The standard InChI is InChI=1S/C15H24N2O/c1-12(2)9-17-6-3-13(10-17)14-15(11-16-14)4-7-18-8-5-15/h3,6,10,12,14,16H,4-5,7-9,11H2,1-2H3. The van der Waals surface area contributed by atoms with Crippen molar-refractivity contribution in [3.63, 3.8) is 0 Å². The summed E-state index contributed by atoms with van der Waals surface area (Å²) in [5.74, 6) is 0.705. The fourth-order valence-corrected chi connectivity index (χ4v) is 3.37. The number of ether oxygens (including phenoxy) is 1. The topological polar surface area (TPSA) is 26.2 Å². The average Bonchev–Trinajstić information content (AvgIpc) is 2.76. The van der Waals surface area contributed by atoms with Crippen molar-refractivity contribution in [1.29, 1.82) is 0 Å². The molecule has 0 amide bonds. The van der Waals surface area contributed by atoms with Crippen LogP contribution in [0.4, 0.5) is 0 Å². The molecule has 2 fully saturated rings. The molecule has 3 heterocycles. The summed E-state index contributed by atoms with van der Waals surface area (Å²) in [4.78, 5) is 0. The highest BCUT2D eigenvalue weighted by Crippen LogP contribution is 2.48. The van der Waals surface area contributed by atoms with Crippen molar-refractivity contribution in [2.24, 2.45) is 11.3 Å². The van der Waals surface area contributed by atoms with Gasteiger partial charge in [0.2, 0.25) is 0 Å². The first-order valence-corrected chi connectivity index (χ1v) is 7.16. The number of nitrogens with one attached hydrogen (secondary N) is 1. The number of hydrogen-bond acceptors (Lipinski definition) is 2. The molecule has 3 rings (SSSR count). The van der Waals surface area contributed by atoms with Crippen LogP contribution in [0.15, 0.2) is 18.5 Å². The van der Waals surface area contributed by atoms with Gasteiger partial charge in [-0.2, -0.15) is 0 Å². The molecule has 1 spiro atoms. The van der Waals surface area contributed by atoms with Crippen molar-refractivity contribution in [3.05, 3.63) is 24.0 Å². The Hall–Kier alpha value is -0.800. The molecule has 1 aromatic heterocycles. The Morgan fingerprint density at radius 1 is 1.44 bits per heavy atom. The molecule has 3 heteroatoms. The first-order chi connectivity index (χ1) is 8.70. The third-order valence-electron chi connectivity index (χ3n) is 4.44. The van der Waals surface area contributed by atoms with Crippen molar-refractivity contribution in [2.45, 2.75) is 39.3 Å². The zero-order valence-corrected chi connectivity index (χ0v) is 11.5. The van der Waals surface area contributed by atoms with E-state index in [2.05, 4.69) is 42.2 Å². The van der Waals surface area contributed by atoms with Crippen molar-refractivity contribution in [1.82, 2.24) is 9.88 Å². The maximum atomic E-state index is 5.51. The van der Waals surface area contributed by atoms with Crippen LogP contribution < -0.4 is 5.32 Å². The van der Waals surface area contributed by atoms with Crippen molar-refractivity contribution < 1.29 is 4.74 Å². The maximum Gasteiger partial charge on any atom is 0.0472 e. The largest absolute Gasteiger partial charge is 0.381 e. The van der Waals surface area contributed by atoms with Gasteiger partial charge in [-0.05, 0) is 30.4 Å². The summed E-state index contributed by atoms with van der Waals surface area (Å²) in [5.41, 5.74) is 1.94. The minimum absolute atomic E-state index is 0.474. The summed E-state index contributed by atoms with van der Waals surface area (Å²) in [6.07, 6.45) is 6.97. The van der Waals surface area contributed by atoms with E-state index in [4.69, 9.17) is 4.74 Å². The second kappa shape index (κ2) is 4.71. The fourth-order valence-electron chi connectivity index (χ4n) is 3.37. The van der Waals surface area contributed by atoms with Crippen LogP contribution in [0.3, 0.4) is 0 Å². The lowest BCUT2D eigenvalue weighted by atomic mass is 9.66. The van der Waals surface area contributed by atoms with Gasteiger partial charge in [-0.25, -0.2) is 0 Å². The normalized spacial score (nSPS) is 26.5. The van der Waals surface area contributed by atoms with Crippen molar-refractivity contribution >= 4 is 0 Å². The molecule has 0 saturated carbocycles. The number of hydrogen-bond donors (Lipinski definition) is 1. The van der Waals surface area contributed by atoms with Gasteiger partial charge in [-0.3, -0.25) is 0 Å². The van der Waals surface area contributed by atoms with Crippen molar-refractivity contribution in [2.75, 3.05) is 19.8 Å². The molecule has 0 radical (unpaired) electrons. The summed E-state index contributed by atoms with van der Waals surface area (Å²) in [6.45, 7) is 8.68. The van der Waals surface area contributed by atoms with E-state index in [1.165, 1.54) is 18.4 Å². The van der Waals surface area contributed by atoms with E-state index >= 15 is 0 Å². The van der Waals surface area contributed by atoms with Gasteiger partial charge in [0.05, 0.1) is 0 Å². The first kappa shape index (κ1) is 12.2. The quantitative estimate of drug-likeness (QED) is 0.890.